The van der Waals surface area contributed by atoms with E-state index in [-0.39, 0.29) is 24.9 Å². The van der Waals surface area contributed by atoms with Crippen LogP contribution >= 0.6 is 0 Å². The van der Waals surface area contributed by atoms with E-state index in [0.717, 1.165) is 0 Å². The van der Waals surface area contributed by atoms with E-state index in [1.165, 1.54) is 17.0 Å². The fraction of sp³-hybridized carbons (Fsp3) is 0.455. The first kappa shape index (κ1) is 13.0. The van der Waals surface area contributed by atoms with Gasteiger partial charge in [-0.15, -0.1) is 0 Å². The van der Waals surface area contributed by atoms with Gasteiger partial charge in [0.05, 0.1) is 6.54 Å². The molecular formula is C11H15F3N2. The summed E-state index contributed by atoms with van der Waals surface area (Å²) in [6.07, 6.45) is -2.42. The smallest absolute Gasteiger partial charge is 0.251 e. The fourth-order valence-electron chi connectivity index (χ4n) is 1.63. The number of nitrogens with two attached hydrogens (primary N) is 1. The van der Waals surface area contributed by atoms with Crippen LogP contribution in [0.15, 0.2) is 24.3 Å². The molecule has 1 atom stereocenters. The fourth-order valence-corrected chi connectivity index (χ4v) is 1.63. The van der Waals surface area contributed by atoms with Crippen LogP contribution in [0.1, 0.15) is 11.6 Å². The van der Waals surface area contributed by atoms with Gasteiger partial charge < -0.3 is 5.73 Å². The van der Waals surface area contributed by atoms with E-state index in [9.17, 15) is 13.2 Å². The number of hydrogen-bond acceptors (Lipinski definition) is 2. The highest BCUT2D eigenvalue weighted by molar-refractivity contribution is 5.20. The highest BCUT2D eigenvalue weighted by Crippen LogP contribution is 2.19. The largest absolute Gasteiger partial charge is 0.329 e. The summed E-state index contributed by atoms with van der Waals surface area (Å²) in [6.45, 7) is -0.203. The number of likely N-dealkylation sites (N-methyl/N-ethyl adjacent to an activating group) is 1. The Kier molecular flexibility index (Phi) is 4.76. The maximum Gasteiger partial charge on any atom is 0.251 e. The van der Waals surface area contributed by atoms with Crippen LogP contribution in [0.4, 0.5) is 13.2 Å². The van der Waals surface area contributed by atoms with E-state index in [1.807, 2.05) is 0 Å². The van der Waals surface area contributed by atoms with Crippen molar-refractivity contribution >= 4 is 0 Å². The van der Waals surface area contributed by atoms with Crippen LogP contribution in [0.3, 0.4) is 0 Å². The zero-order valence-electron chi connectivity index (χ0n) is 9.04. The predicted molar refractivity (Wildman–Crippen MR) is 56.8 cm³/mol. The summed E-state index contributed by atoms with van der Waals surface area (Å²) in [5, 5.41) is 0. The second-order valence-electron chi connectivity index (χ2n) is 3.64. The van der Waals surface area contributed by atoms with Crippen LogP contribution in [-0.4, -0.2) is 31.5 Å². The molecule has 2 N–H and O–H groups in total. The Labute approximate surface area is 92.9 Å². The summed E-state index contributed by atoms with van der Waals surface area (Å²) in [7, 11) is 1.55. The maximum atomic E-state index is 13.0. The normalized spacial score (nSPS) is 13.4. The molecule has 90 valence electrons. The molecule has 0 aliphatic carbocycles. The Bertz CT molecular complexity index is 331. The highest BCUT2D eigenvalue weighted by Gasteiger charge is 2.18. The molecule has 2 nitrogen and oxygen atoms in total. The average Bonchev–Trinajstić information content (AvgIpc) is 2.17. The van der Waals surface area contributed by atoms with Crippen molar-refractivity contribution in [2.45, 2.75) is 12.5 Å². The number of nitrogens with zero attached hydrogens (tertiary/aromatic N) is 1. The average molecular weight is 232 g/mol. The van der Waals surface area contributed by atoms with E-state index in [2.05, 4.69) is 0 Å². The van der Waals surface area contributed by atoms with Gasteiger partial charge >= 0.3 is 0 Å². The molecule has 5 heteroatoms. The van der Waals surface area contributed by atoms with Gasteiger partial charge in [0.1, 0.15) is 5.82 Å². The first-order valence-corrected chi connectivity index (χ1v) is 4.98. The summed E-state index contributed by atoms with van der Waals surface area (Å²) >= 11 is 0. The van der Waals surface area contributed by atoms with Crippen molar-refractivity contribution in [2.24, 2.45) is 5.73 Å². The van der Waals surface area contributed by atoms with Crippen LogP contribution in [0.5, 0.6) is 0 Å². The van der Waals surface area contributed by atoms with Gasteiger partial charge in [-0.05, 0) is 24.7 Å². The molecular weight excluding hydrogens is 217 g/mol. The van der Waals surface area contributed by atoms with Gasteiger partial charge in [0, 0.05) is 12.6 Å². The van der Waals surface area contributed by atoms with E-state index < -0.39 is 6.43 Å². The molecule has 1 unspecified atom stereocenters. The topological polar surface area (TPSA) is 29.3 Å². The molecule has 16 heavy (non-hydrogen) atoms. The minimum Gasteiger partial charge on any atom is -0.329 e. The quantitative estimate of drug-likeness (QED) is 0.841. The van der Waals surface area contributed by atoms with Crippen molar-refractivity contribution in [3.05, 3.63) is 35.6 Å². The van der Waals surface area contributed by atoms with Crippen LogP contribution in [0, 0.1) is 5.82 Å². The zero-order valence-corrected chi connectivity index (χ0v) is 9.04. The van der Waals surface area contributed by atoms with Gasteiger partial charge in [0.25, 0.3) is 6.43 Å². The highest BCUT2D eigenvalue weighted by atomic mass is 19.3. The maximum absolute atomic E-state index is 13.0. The summed E-state index contributed by atoms with van der Waals surface area (Å²) in [6, 6.07) is 5.47. The first-order chi connectivity index (χ1) is 7.54. The third-order valence-electron chi connectivity index (χ3n) is 2.41. The van der Waals surface area contributed by atoms with Crippen molar-refractivity contribution in [3.8, 4) is 0 Å². The van der Waals surface area contributed by atoms with Crippen LogP contribution < -0.4 is 5.73 Å². The van der Waals surface area contributed by atoms with Crippen molar-refractivity contribution in [3.63, 3.8) is 0 Å². The molecule has 0 aromatic heterocycles. The number of rotatable bonds is 5. The molecule has 0 heterocycles. The lowest BCUT2D eigenvalue weighted by Crippen LogP contribution is -2.34. The van der Waals surface area contributed by atoms with Gasteiger partial charge in [0.2, 0.25) is 0 Å². The lowest BCUT2D eigenvalue weighted by molar-refractivity contribution is 0.0821. The molecule has 0 saturated carbocycles. The Morgan fingerprint density at radius 2 is 2.06 bits per heavy atom. The van der Waals surface area contributed by atoms with Crippen molar-refractivity contribution in [1.29, 1.82) is 0 Å². The molecule has 0 spiro atoms. The van der Waals surface area contributed by atoms with Crippen molar-refractivity contribution < 1.29 is 13.2 Å². The SMILES string of the molecule is CN(CC(F)F)C(CN)c1cccc(F)c1. The van der Waals surface area contributed by atoms with Crippen LogP contribution in [-0.2, 0) is 0 Å². The summed E-state index contributed by atoms with van der Waals surface area (Å²) < 4.78 is 37.4. The standard InChI is InChI=1S/C11H15F3N2/c1-16(7-11(13)14)10(6-15)8-3-2-4-9(12)5-8/h2-5,10-11H,6-7,15H2,1H3. The van der Waals surface area contributed by atoms with Crippen LogP contribution in [0.25, 0.3) is 0 Å². The van der Waals surface area contributed by atoms with E-state index in [4.69, 9.17) is 5.73 Å². The second-order valence-corrected chi connectivity index (χ2v) is 3.64. The number of halogens is 3. The van der Waals surface area contributed by atoms with Crippen LogP contribution in [0.2, 0.25) is 0 Å². The molecule has 1 rings (SSSR count). The molecule has 1 aromatic carbocycles. The van der Waals surface area contributed by atoms with Crippen molar-refractivity contribution in [1.82, 2.24) is 4.90 Å². The Hall–Kier alpha value is -1.07. The third kappa shape index (κ3) is 3.50. The Morgan fingerprint density at radius 3 is 2.56 bits per heavy atom. The molecule has 1 aromatic rings. The van der Waals surface area contributed by atoms with Gasteiger partial charge in [-0.2, -0.15) is 0 Å². The molecule has 0 aliphatic heterocycles. The van der Waals surface area contributed by atoms with Gasteiger partial charge in [-0.3, -0.25) is 4.90 Å². The predicted octanol–water partition coefficient (Wildman–Crippen LogP) is 2.02. The molecule has 0 aliphatic rings. The summed E-state index contributed by atoms with van der Waals surface area (Å²) in [5.74, 6) is -0.388. The van der Waals surface area contributed by atoms with Gasteiger partial charge in [-0.1, -0.05) is 12.1 Å². The van der Waals surface area contributed by atoms with E-state index in [1.54, 1.807) is 19.2 Å². The lowest BCUT2D eigenvalue weighted by Gasteiger charge is -2.26. The number of hydrogen-bond donors (Lipinski definition) is 1. The summed E-state index contributed by atoms with van der Waals surface area (Å²) in [4.78, 5) is 1.43. The van der Waals surface area contributed by atoms with E-state index >= 15 is 0 Å². The Balaban J connectivity index is 2.81. The zero-order chi connectivity index (χ0) is 12.1. The third-order valence-corrected chi connectivity index (χ3v) is 2.41. The monoisotopic (exact) mass is 232 g/mol. The molecule has 0 saturated heterocycles. The minimum absolute atomic E-state index is 0.173. The molecule has 0 bridgehead atoms. The van der Waals surface area contributed by atoms with Gasteiger partial charge in [0.15, 0.2) is 0 Å². The lowest BCUT2D eigenvalue weighted by atomic mass is 10.1. The second kappa shape index (κ2) is 5.86. The minimum atomic E-state index is -2.42. The van der Waals surface area contributed by atoms with Gasteiger partial charge in [-0.25, -0.2) is 13.2 Å². The van der Waals surface area contributed by atoms with Crippen molar-refractivity contribution in [2.75, 3.05) is 20.1 Å². The number of benzene rings is 1. The molecule has 0 fully saturated rings. The van der Waals surface area contributed by atoms with E-state index in [0.29, 0.717) is 5.56 Å². The Morgan fingerprint density at radius 1 is 1.38 bits per heavy atom. The number of alkyl halides is 2. The summed E-state index contributed by atoms with van der Waals surface area (Å²) in [5.41, 5.74) is 6.14. The molecule has 0 radical (unpaired) electrons. The molecule has 0 amide bonds. The first-order valence-electron chi connectivity index (χ1n) is 4.98.